The number of rotatable bonds is 6. The molecule has 68 heavy (non-hydrogen) atoms. The van der Waals surface area contributed by atoms with Crippen LogP contribution < -0.4 is 0 Å². The molecule has 5 heteroatoms. The van der Waals surface area contributed by atoms with Crippen molar-refractivity contribution in [3.8, 4) is 90.1 Å². The van der Waals surface area contributed by atoms with E-state index in [1.165, 1.54) is 49.0 Å². The first-order valence-corrected chi connectivity index (χ1v) is 23.0. The van der Waals surface area contributed by atoms with E-state index < -0.39 is 0 Å². The van der Waals surface area contributed by atoms with Gasteiger partial charge in [0.1, 0.15) is 0 Å². The number of benzene rings is 11. The zero-order valence-corrected chi connectivity index (χ0v) is 36.6. The Morgan fingerprint density at radius 2 is 0.721 bits per heavy atom. The molecule has 2 heterocycles. The van der Waals surface area contributed by atoms with Gasteiger partial charge in [0.15, 0.2) is 17.5 Å². The summed E-state index contributed by atoms with van der Waals surface area (Å²) in [5.41, 5.74) is 15.8. The number of para-hydroxylation sites is 2. The van der Waals surface area contributed by atoms with Gasteiger partial charge in [0.05, 0.1) is 22.4 Å². The summed E-state index contributed by atoms with van der Waals surface area (Å²) in [5, 5.41) is 9.45. The fourth-order valence-electron chi connectivity index (χ4n) is 10.4. The zero-order valence-electron chi connectivity index (χ0n) is 36.6. The van der Waals surface area contributed by atoms with Gasteiger partial charge in [-0.3, -0.25) is 0 Å². The summed E-state index contributed by atoms with van der Waals surface area (Å²) in [6.07, 6.45) is 0. The molecule has 5 nitrogen and oxygen atoms in total. The predicted octanol–water partition coefficient (Wildman–Crippen LogP) is 16.1. The highest BCUT2D eigenvalue weighted by Gasteiger charge is 2.26. The van der Waals surface area contributed by atoms with Gasteiger partial charge >= 0.3 is 0 Å². The summed E-state index contributed by atoms with van der Waals surface area (Å²) in [4.78, 5) is 25.6. The molecule has 1 aliphatic carbocycles. The summed E-state index contributed by atoms with van der Waals surface area (Å²) in [6, 6.07) is 79.5. The molecule has 1 aliphatic rings. The van der Waals surface area contributed by atoms with Crippen LogP contribution in [-0.4, -0.2) is 24.9 Å². The molecule has 0 saturated heterocycles. The molecule has 0 amide bonds. The molecule has 314 valence electrons. The summed E-state index contributed by atoms with van der Waals surface area (Å²) in [7, 11) is 0. The van der Waals surface area contributed by atoms with Crippen LogP contribution in [0.3, 0.4) is 0 Å². The Bertz CT molecular complexity index is 4130. The van der Waals surface area contributed by atoms with E-state index in [0.717, 1.165) is 77.7 Å². The van der Waals surface area contributed by atoms with Gasteiger partial charge in [0, 0.05) is 33.2 Å². The minimum absolute atomic E-state index is 0.628. The van der Waals surface area contributed by atoms with Crippen LogP contribution >= 0.6 is 0 Å². The number of nitrogens with zero attached hydrogens (tertiary/aromatic N) is 5. The van der Waals surface area contributed by atoms with Gasteiger partial charge in [-0.25, -0.2) is 24.9 Å². The van der Waals surface area contributed by atoms with Gasteiger partial charge in [0.25, 0.3) is 0 Å². The molecular weight excluding hydrogens is 827 g/mol. The third-order valence-electron chi connectivity index (χ3n) is 13.6. The quantitative estimate of drug-likeness (QED) is 0.156. The van der Waals surface area contributed by atoms with Crippen LogP contribution in [0.2, 0.25) is 0 Å². The maximum Gasteiger partial charge on any atom is 0.164 e. The highest BCUT2D eigenvalue weighted by Crippen LogP contribution is 2.48. The molecule has 0 radical (unpaired) electrons. The number of hydrogen-bond donors (Lipinski definition) is 0. The predicted molar refractivity (Wildman–Crippen MR) is 280 cm³/mol. The van der Waals surface area contributed by atoms with Crippen molar-refractivity contribution in [3.63, 3.8) is 0 Å². The smallest absolute Gasteiger partial charge is 0.164 e. The first kappa shape index (κ1) is 38.1. The van der Waals surface area contributed by atoms with E-state index in [1.807, 2.05) is 42.5 Å². The Kier molecular flexibility index (Phi) is 8.52. The highest BCUT2D eigenvalue weighted by atomic mass is 15.0. The highest BCUT2D eigenvalue weighted by molar-refractivity contribution is 6.18. The third-order valence-corrected chi connectivity index (χ3v) is 13.6. The van der Waals surface area contributed by atoms with E-state index in [4.69, 9.17) is 24.9 Å². The number of aromatic nitrogens is 5. The molecule has 14 rings (SSSR count). The van der Waals surface area contributed by atoms with E-state index in [0.29, 0.717) is 17.5 Å². The van der Waals surface area contributed by atoms with Crippen LogP contribution in [0.25, 0.3) is 144 Å². The maximum atomic E-state index is 5.21. The van der Waals surface area contributed by atoms with Crippen molar-refractivity contribution in [3.05, 3.63) is 224 Å². The molecular formula is C63H37N5. The molecule has 11 aromatic carbocycles. The molecule has 0 saturated carbocycles. The van der Waals surface area contributed by atoms with E-state index in [2.05, 4.69) is 182 Å². The van der Waals surface area contributed by atoms with Gasteiger partial charge < -0.3 is 0 Å². The summed E-state index contributed by atoms with van der Waals surface area (Å²) >= 11 is 0. The van der Waals surface area contributed by atoms with Crippen molar-refractivity contribution >= 4 is 54.1 Å². The molecule has 13 aromatic rings. The first-order chi connectivity index (χ1) is 33.7. The topological polar surface area (TPSA) is 64.5 Å². The van der Waals surface area contributed by atoms with E-state index in [9.17, 15) is 0 Å². The van der Waals surface area contributed by atoms with Crippen molar-refractivity contribution < 1.29 is 0 Å². The SMILES string of the molecule is c1ccc(-c2nc(-c3ccc(-c4cc(-c5ccc(-c6ccc7c8c(cccc68)-c6nc8ccccc8nc6-7)cc5)cc5ccccc45)cc3)nc(-c3cc4ccccc4c4ccccc34)n2)cc1. The van der Waals surface area contributed by atoms with Crippen molar-refractivity contribution in [1.29, 1.82) is 0 Å². The van der Waals surface area contributed by atoms with Crippen LogP contribution in [0.15, 0.2) is 224 Å². The minimum atomic E-state index is 0.628. The van der Waals surface area contributed by atoms with Crippen molar-refractivity contribution in [2.24, 2.45) is 0 Å². The van der Waals surface area contributed by atoms with Crippen molar-refractivity contribution in [2.45, 2.75) is 0 Å². The minimum Gasteiger partial charge on any atom is -0.244 e. The Balaban J connectivity index is 0.833. The van der Waals surface area contributed by atoms with Crippen molar-refractivity contribution in [2.75, 3.05) is 0 Å². The molecule has 0 bridgehead atoms. The lowest BCUT2D eigenvalue weighted by molar-refractivity contribution is 1.08. The fourth-order valence-corrected chi connectivity index (χ4v) is 10.4. The average Bonchev–Trinajstić information content (AvgIpc) is 3.73. The van der Waals surface area contributed by atoms with Crippen molar-refractivity contribution in [1.82, 2.24) is 24.9 Å². The first-order valence-electron chi connectivity index (χ1n) is 23.0. The van der Waals surface area contributed by atoms with Crippen LogP contribution in [0.5, 0.6) is 0 Å². The molecule has 0 fully saturated rings. The van der Waals surface area contributed by atoms with E-state index in [1.54, 1.807) is 0 Å². The Hall–Kier alpha value is -9.19. The summed E-state index contributed by atoms with van der Waals surface area (Å²) in [6.45, 7) is 0. The van der Waals surface area contributed by atoms with E-state index in [-0.39, 0.29) is 0 Å². The van der Waals surface area contributed by atoms with Crippen LogP contribution in [0, 0.1) is 0 Å². The van der Waals surface area contributed by atoms with Gasteiger partial charge in [-0.2, -0.15) is 0 Å². The van der Waals surface area contributed by atoms with Crippen LogP contribution in [0.1, 0.15) is 0 Å². The lowest BCUT2D eigenvalue weighted by atomic mass is 9.91. The largest absolute Gasteiger partial charge is 0.244 e. The fraction of sp³-hybridized carbons (Fsp3) is 0. The standard InChI is InChI=1S/C63H37N5/c1-2-13-41(14-3-1)61-66-62(68-63(67-61)55-36-44-16-5-6-17-46(44)49-19-8-9-20-50(49)55)42-31-29-40(30-32-42)54-37-45(35-43-15-4-7-18-47(43)54)38-25-27-39(28-26-38)48-33-34-53-58-51(48)21-12-22-52(58)59-60(53)65-57-24-11-10-23-56(57)64-59/h1-37H. The third kappa shape index (κ3) is 6.14. The zero-order chi connectivity index (χ0) is 44.7. The second-order valence-electron chi connectivity index (χ2n) is 17.6. The summed E-state index contributed by atoms with van der Waals surface area (Å²) in [5.74, 6) is 1.91. The summed E-state index contributed by atoms with van der Waals surface area (Å²) < 4.78 is 0. The van der Waals surface area contributed by atoms with Crippen LogP contribution in [0.4, 0.5) is 0 Å². The second-order valence-corrected chi connectivity index (χ2v) is 17.6. The van der Waals surface area contributed by atoms with E-state index >= 15 is 0 Å². The molecule has 0 atom stereocenters. The Morgan fingerprint density at radius 3 is 1.44 bits per heavy atom. The normalized spacial score (nSPS) is 11.8. The van der Waals surface area contributed by atoms with Gasteiger partial charge in [-0.1, -0.05) is 194 Å². The molecule has 0 N–H and O–H groups in total. The second kappa shape index (κ2) is 15.2. The molecule has 0 unspecified atom stereocenters. The number of hydrogen-bond acceptors (Lipinski definition) is 5. The maximum absolute atomic E-state index is 5.21. The van der Waals surface area contributed by atoms with Crippen LogP contribution in [-0.2, 0) is 0 Å². The van der Waals surface area contributed by atoms with Gasteiger partial charge in [-0.15, -0.1) is 0 Å². The molecule has 0 spiro atoms. The monoisotopic (exact) mass is 863 g/mol. The average molecular weight is 864 g/mol. The lowest BCUT2D eigenvalue weighted by Crippen LogP contribution is -2.00. The van der Waals surface area contributed by atoms with Gasteiger partial charge in [0.2, 0.25) is 0 Å². The lowest BCUT2D eigenvalue weighted by Gasteiger charge is -2.14. The number of fused-ring (bicyclic) bond motifs is 8. The molecule has 0 aliphatic heterocycles. The Morgan fingerprint density at radius 1 is 0.221 bits per heavy atom. The Labute approximate surface area is 391 Å². The van der Waals surface area contributed by atoms with Gasteiger partial charge in [-0.05, 0) is 101 Å². The molecule has 2 aromatic heterocycles.